The van der Waals surface area contributed by atoms with E-state index in [0.717, 1.165) is 5.69 Å². The minimum absolute atomic E-state index is 0.00210. The Labute approximate surface area is 112 Å². The van der Waals surface area contributed by atoms with Gasteiger partial charge in [-0.3, -0.25) is 4.79 Å². The number of carbonyl (C=O) groups is 1. The first-order valence-electron chi connectivity index (χ1n) is 6.10. The lowest BCUT2D eigenvalue weighted by atomic mass is 10.1. The Morgan fingerprint density at radius 2 is 2.05 bits per heavy atom. The summed E-state index contributed by atoms with van der Waals surface area (Å²) in [6, 6.07) is 9.07. The fourth-order valence-corrected chi connectivity index (χ4v) is 1.83. The Kier molecular flexibility index (Phi) is 3.90. The fourth-order valence-electron chi connectivity index (χ4n) is 1.83. The lowest BCUT2D eigenvalue weighted by Crippen LogP contribution is -2.05. The summed E-state index contributed by atoms with van der Waals surface area (Å²) in [6.45, 7) is 3.47. The van der Waals surface area contributed by atoms with E-state index < -0.39 is 0 Å². The smallest absolute Gasteiger partial charge is 0.162 e. The maximum Gasteiger partial charge on any atom is 0.162 e. The summed E-state index contributed by atoms with van der Waals surface area (Å²) in [6.07, 6.45) is 1.73. The summed E-state index contributed by atoms with van der Waals surface area (Å²) in [7, 11) is 1.56. The predicted octanol–water partition coefficient (Wildman–Crippen LogP) is 3.37. The quantitative estimate of drug-likeness (QED) is 0.837. The van der Waals surface area contributed by atoms with E-state index in [0.29, 0.717) is 17.1 Å². The zero-order chi connectivity index (χ0) is 13.8. The molecule has 1 aromatic carbocycles. The number of Topliss-reactive ketones (excluding diaryl/α,β-unsaturated/α-hetero) is 1. The van der Waals surface area contributed by atoms with Gasteiger partial charge in [0.15, 0.2) is 17.3 Å². The van der Waals surface area contributed by atoms with Crippen molar-refractivity contribution in [1.29, 1.82) is 0 Å². The van der Waals surface area contributed by atoms with Gasteiger partial charge in [0.1, 0.15) is 6.10 Å². The average molecular weight is 259 g/mol. The van der Waals surface area contributed by atoms with Crippen LogP contribution in [0.1, 0.15) is 36.0 Å². The Hall–Kier alpha value is -2.23. The highest BCUT2D eigenvalue weighted by molar-refractivity contribution is 5.94. The summed E-state index contributed by atoms with van der Waals surface area (Å²) in [5, 5.41) is 0. The first kappa shape index (κ1) is 13.2. The minimum atomic E-state index is -0.118. The van der Waals surface area contributed by atoms with Crippen LogP contribution in [0.4, 0.5) is 0 Å². The van der Waals surface area contributed by atoms with Crippen LogP contribution in [0.3, 0.4) is 0 Å². The molecule has 19 heavy (non-hydrogen) atoms. The van der Waals surface area contributed by atoms with E-state index in [4.69, 9.17) is 9.47 Å². The van der Waals surface area contributed by atoms with Crippen LogP contribution < -0.4 is 9.47 Å². The van der Waals surface area contributed by atoms with Gasteiger partial charge < -0.3 is 14.5 Å². The second-order valence-electron chi connectivity index (χ2n) is 4.31. The minimum Gasteiger partial charge on any atom is -0.493 e. The monoisotopic (exact) mass is 259 g/mol. The van der Waals surface area contributed by atoms with Gasteiger partial charge in [-0.1, -0.05) is 0 Å². The van der Waals surface area contributed by atoms with E-state index in [1.54, 1.807) is 25.3 Å². The third-order valence-corrected chi connectivity index (χ3v) is 2.93. The Morgan fingerprint density at radius 1 is 1.26 bits per heavy atom. The van der Waals surface area contributed by atoms with E-state index in [1.807, 2.05) is 25.3 Å². The molecule has 1 aromatic heterocycles. The molecule has 2 rings (SSSR count). The first-order chi connectivity index (χ1) is 9.11. The van der Waals surface area contributed by atoms with Crippen molar-refractivity contribution in [2.75, 3.05) is 7.11 Å². The number of ether oxygens (including phenoxy) is 2. The highest BCUT2D eigenvalue weighted by Gasteiger charge is 2.13. The topological polar surface area (TPSA) is 51.3 Å². The number of aromatic nitrogens is 1. The summed E-state index contributed by atoms with van der Waals surface area (Å²) in [5.41, 5.74) is 1.59. The summed E-state index contributed by atoms with van der Waals surface area (Å²) < 4.78 is 11.1. The second-order valence-corrected chi connectivity index (χ2v) is 4.31. The standard InChI is InChI=1S/C15H17NO3/c1-10(17)12-6-7-14(15(9-12)18-3)19-11(2)13-5-4-8-16-13/h4-9,11,16H,1-3H3. The number of rotatable bonds is 5. The number of aromatic amines is 1. The van der Waals surface area contributed by atoms with Crippen molar-refractivity contribution in [3.63, 3.8) is 0 Å². The average Bonchev–Trinajstić information content (AvgIpc) is 2.92. The molecule has 0 fully saturated rings. The van der Waals surface area contributed by atoms with Crippen LogP contribution in [0.5, 0.6) is 11.5 Å². The maximum absolute atomic E-state index is 11.3. The third kappa shape index (κ3) is 2.96. The lowest BCUT2D eigenvalue weighted by Gasteiger charge is -2.16. The molecule has 0 saturated heterocycles. The van der Waals surface area contributed by atoms with Crippen LogP contribution in [0.2, 0.25) is 0 Å². The van der Waals surface area contributed by atoms with Crippen molar-refractivity contribution in [2.24, 2.45) is 0 Å². The molecule has 0 radical (unpaired) electrons. The number of methoxy groups -OCH3 is 1. The zero-order valence-corrected chi connectivity index (χ0v) is 11.3. The molecule has 0 saturated carbocycles. The van der Waals surface area contributed by atoms with E-state index in [2.05, 4.69) is 4.98 Å². The van der Waals surface area contributed by atoms with Gasteiger partial charge >= 0.3 is 0 Å². The number of carbonyl (C=O) groups excluding carboxylic acids is 1. The molecule has 0 aliphatic carbocycles. The van der Waals surface area contributed by atoms with Crippen molar-refractivity contribution >= 4 is 5.78 Å². The number of ketones is 1. The number of H-pyrrole nitrogens is 1. The molecule has 4 nitrogen and oxygen atoms in total. The van der Waals surface area contributed by atoms with E-state index in [1.165, 1.54) is 6.92 Å². The zero-order valence-electron chi connectivity index (χ0n) is 11.3. The van der Waals surface area contributed by atoms with Crippen LogP contribution >= 0.6 is 0 Å². The Balaban J connectivity index is 2.22. The molecule has 0 aliphatic heterocycles. The highest BCUT2D eigenvalue weighted by atomic mass is 16.5. The van der Waals surface area contributed by atoms with E-state index in [-0.39, 0.29) is 11.9 Å². The second kappa shape index (κ2) is 5.61. The number of hydrogen-bond acceptors (Lipinski definition) is 3. The molecule has 1 unspecified atom stereocenters. The van der Waals surface area contributed by atoms with Gasteiger partial charge in [-0.2, -0.15) is 0 Å². The molecule has 4 heteroatoms. The SMILES string of the molecule is COc1cc(C(C)=O)ccc1OC(C)c1ccc[nH]1. The molecule has 1 heterocycles. The van der Waals surface area contributed by atoms with Gasteiger partial charge in [-0.05, 0) is 44.2 Å². The van der Waals surface area contributed by atoms with Gasteiger partial charge in [0.05, 0.1) is 12.8 Å². The molecule has 2 aromatic rings. The highest BCUT2D eigenvalue weighted by Crippen LogP contribution is 2.31. The van der Waals surface area contributed by atoms with Crippen molar-refractivity contribution in [1.82, 2.24) is 4.98 Å². The molecular weight excluding hydrogens is 242 g/mol. The molecular formula is C15H17NO3. The molecule has 1 atom stereocenters. The van der Waals surface area contributed by atoms with Crippen LogP contribution in [-0.2, 0) is 0 Å². The Bertz CT molecular complexity index is 561. The summed E-state index contributed by atoms with van der Waals surface area (Å²) in [5.74, 6) is 1.18. The molecule has 100 valence electrons. The van der Waals surface area contributed by atoms with Crippen LogP contribution in [-0.4, -0.2) is 17.9 Å². The van der Waals surface area contributed by atoms with Crippen LogP contribution in [0.15, 0.2) is 36.5 Å². The van der Waals surface area contributed by atoms with Crippen LogP contribution in [0, 0.1) is 0 Å². The van der Waals surface area contributed by atoms with Crippen LogP contribution in [0.25, 0.3) is 0 Å². The van der Waals surface area contributed by atoms with Gasteiger partial charge in [0, 0.05) is 11.8 Å². The number of benzene rings is 1. The first-order valence-corrected chi connectivity index (χ1v) is 6.10. The molecule has 1 N–H and O–H groups in total. The normalized spacial score (nSPS) is 11.9. The van der Waals surface area contributed by atoms with Crippen molar-refractivity contribution < 1.29 is 14.3 Å². The van der Waals surface area contributed by atoms with Crippen molar-refractivity contribution in [3.05, 3.63) is 47.8 Å². The van der Waals surface area contributed by atoms with Gasteiger partial charge in [-0.25, -0.2) is 0 Å². The molecule has 0 spiro atoms. The predicted molar refractivity (Wildman–Crippen MR) is 72.8 cm³/mol. The molecule has 0 bridgehead atoms. The number of hydrogen-bond donors (Lipinski definition) is 1. The lowest BCUT2D eigenvalue weighted by molar-refractivity contribution is 0.101. The van der Waals surface area contributed by atoms with Gasteiger partial charge in [0.25, 0.3) is 0 Å². The van der Waals surface area contributed by atoms with Crippen molar-refractivity contribution in [3.8, 4) is 11.5 Å². The van der Waals surface area contributed by atoms with Gasteiger partial charge in [-0.15, -0.1) is 0 Å². The molecule has 0 amide bonds. The third-order valence-electron chi connectivity index (χ3n) is 2.93. The van der Waals surface area contributed by atoms with E-state index in [9.17, 15) is 4.79 Å². The van der Waals surface area contributed by atoms with Gasteiger partial charge in [0.2, 0.25) is 0 Å². The Morgan fingerprint density at radius 3 is 2.63 bits per heavy atom. The largest absolute Gasteiger partial charge is 0.493 e. The molecule has 0 aliphatic rings. The van der Waals surface area contributed by atoms with Crippen molar-refractivity contribution in [2.45, 2.75) is 20.0 Å². The van der Waals surface area contributed by atoms with E-state index >= 15 is 0 Å². The maximum atomic E-state index is 11.3. The fraction of sp³-hybridized carbons (Fsp3) is 0.267. The summed E-state index contributed by atoms with van der Waals surface area (Å²) >= 11 is 0. The summed E-state index contributed by atoms with van der Waals surface area (Å²) in [4.78, 5) is 14.4. The number of nitrogens with one attached hydrogen (secondary N) is 1.